The van der Waals surface area contributed by atoms with Crippen LogP contribution < -0.4 is 5.32 Å². The number of hydrogen-bond acceptors (Lipinski definition) is 2. The normalized spacial score (nSPS) is 30.4. The Labute approximate surface area is 126 Å². The Hall–Kier alpha value is -1.62. The second-order valence-corrected chi connectivity index (χ2v) is 6.27. The van der Waals surface area contributed by atoms with Gasteiger partial charge in [0.15, 0.2) is 0 Å². The molecule has 0 saturated heterocycles. The van der Waals surface area contributed by atoms with Gasteiger partial charge in [0, 0.05) is 5.02 Å². The lowest BCUT2D eigenvalue weighted by atomic mass is 9.78. The number of fused-ring (bicyclic) bond motifs is 2. The van der Waals surface area contributed by atoms with E-state index in [2.05, 4.69) is 5.32 Å². The zero-order chi connectivity index (χ0) is 15.1. The fourth-order valence-corrected chi connectivity index (χ4v) is 3.99. The van der Waals surface area contributed by atoms with Crippen molar-refractivity contribution in [3.05, 3.63) is 29.0 Å². The molecule has 2 saturated carbocycles. The monoisotopic (exact) mass is 311 g/mol. The number of hydrogen-bond donors (Lipinski definition) is 2. The molecule has 4 atom stereocenters. The number of benzene rings is 1. The number of halogens is 2. The summed E-state index contributed by atoms with van der Waals surface area (Å²) in [6.45, 7) is 0. The molecular formula is C15H15ClFNO3. The zero-order valence-corrected chi connectivity index (χ0v) is 11.9. The van der Waals surface area contributed by atoms with E-state index in [4.69, 9.17) is 11.6 Å². The van der Waals surface area contributed by atoms with E-state index in [0.717, 1.165) is 25.3 Å². The molecule has 2 N–H and O–H groups in total. The van der Waals surface area contributed by atoms with Crippen molar-refractivity contribution in [1.29, 1.82) is 0 Å². The van der Waals surface area contributed by atoms with Crippen LogP contribution in [0.4, 0.5) is 10.1 Å². The maximum atomic E-state index is 13.7. The summed E-state index contributed by atoms with van der Waals surface area (Å²) in [7, 11) is 0. The molecule has 0 unspecified atom stereocenters. The average Bonchev–Trinajstić information content (AvgIpc) is 3.02. The van der Waals surface area contributed by atoms with E-state index in [9.17, 15) is 19.1 Å². The first kappa shape index (κ1) is 14.3. The molecule has 3 rings (SSSR count). The predicted molar refractivity (Wildman–Crippen MR) is 75.5 cm³/mol. The highest BCUT2D eigenvalue weighted by molar-refractivity contribution is 6.30. The third kappa shape index (κ3) is 2.50. The van der Waals surface area contributed by atoms with Crippen molar-refractivity contribution < 1.29 is 19.1 Å². The fourth-order valence-electron chi connectivity index (χ4n) is 3.83. The van der Waals surface area contributed by atoms with Gasteiger partial charge in [0.1, 0.15) is 5.82 Å². The molecule has 1 aromatic rings. The van der Waals surface area contributed by atoms with Crippen LogP contribution in [-0.2, 0) is 9.59 Å². The number of carbonyl (C=O) groups is 2. The molecule has 1 amide bonds. The molecule has 112 valence electrons. The van der Waals surface area contributed by atoms with Gasteiger partial charge >= 0.3 is 5.97 Å². The molecule has 6 heteroatoms. The van der Waals surface area contributed by atoms with Gasteiger partial charge in [-0.05, 0) is 49.3 Å². The Morgan fingerprint density at radius 1 is 1.24 bits per heavy atom. The minimum absolute atomic E-state index is 0.0383. The van der Waals surface area contributed by atoms with Crippen molar-refractivity contribution in [3.8, 4) is 0 Å². The van der Waals surface area contributed by atoms with Crippen LogP contribution >= 0.6 is 11.6 Å². The standard InChI is InChI=1S/C15H15ClFNO3/c16-9-3-4-11(10(17)6-9)18-14(19)12-7-1-2-8(5-7)13(12)15(20)21/h3-4,6-8,12-13H,1-2,5H2,(H,18,19)(H,20,21)/t7-,8-,12+,13+/m0/s1. The number of carboxylic acids is 1. The second kappa shape index (κ2) is 5.30. The van der Waals surface area contributed by atoms with Gasteiger partial charge in [-0.3, -0.25) is 9.59 Å². The SMILES string of the molecule is O=C(O)[C@@H]1[C@H]2CC[C@@H](C2)[C@H]1C(=O)Nc1ccc(Cl)cc1F. The minimum Gasteiger partial charge on any atom is -0.481 e. The topological polar surface area (TPSA) is 66.4 Å². The van der Waals surface area contributed by atoms with E-state index in [-0.39, 0.29) is 22.5 Å². The molecule has 4 nitrogen and oxygen atoms in total. The van der Waals surface area contributed by atoms with Crippen LogP contribution in [0.15, 0.2) is 18.2 Å². The summed E-state index contributed by atoms with van der Waals surface area (Å²) in [5.74, 6) is -3.03. The van der Waals surface area contributed by atoms with E-state index in [0.29, 0.717) is 0 Å². The van der Waals surface area contributed by atoms with Crippen molar-refractivity contribution in [2.24, 2.45) is 23.7 Å². The molecule has 0 aromatic heterocycles. The van der Waals surface area contributed by atoms with Crippen LogP contribution in [0.25, 0.3) is 0 Å². The lowest BCUT2D eigenvalue weighted by molar-refractivity contribution is -0.148. The maximum Gasteiger partial charge on any atom is 0.307 e. The van der Waals surface area contributed by atoms with Crippen molar-refractivity contribution in [1.82, 2.24) is 0 Å². The zero-order valence-electron chi connectivity index (χ0n) is 11.2. The number of anilines is 1. The minimum atomic E-state index is -0.932. The maximum absolute atomic E-state index is 13.7. The largest absolute Gasteiger partial charge is 0.481 e. The smallest absolute Gasteiger partial charge is 0.307 e. The first-order valence-corrected chi connectivity index (χ1v) is 7.34. The van der Waals surface area contributed by atoms with Crippen molar-refractivity contribution >= 4 is 29.2 Å². The summed E-state index contributed by atoms with van der Waals surface area (Å²) in [5, 5.41) is 12.1. The number of nitrogens with one attached hydrogen (secondary N) is 1. The molecule has 0 spiro atoms. The number of rotatable bonds is 3. The Bertz CT molecular complexity index is 607. The molecule has 1 aromatic carbocycles. The quantitative estimate of drug-likeness (QED) is 0.901. The predicted octanol–water partition coefficient (Wildman–Crippen LogP) is 3.16. The van der Waals surface area contributed by atoms with Crippen LogP contribution in [0, 0.1) is 29.5 Å². The summed E-state index contributed by atoms with van der Waals surface area (Å²) < 4.78 is 13.7. The van der Waals surface area contributed by atoms with Crippen molar-refractivity contribution in [2.45, 2.75) is 19.3 Å². The van der Waals surface area contributed by atoms with Crippen molar-refractivity contribution in [2.75, 3.05) is 5.32 Å². The molecule has 0 radical (unpaired) electrons. The molecule has 0 aliphatic heterocycles. The van der Waals surface area contributed by atoms with Gasteiger partial charge in [-0.1, -0.05) is 11.6 Å². The summed E-state index contributed by atoms with van der Waals surface area (Å²) in [6, 6.07) is 3.99. The molecular weight excluding hydrogens is 297 g/mol. The van der Waals surface area contributed by atoms with Crippen LogP contribution in [0.2, 0.25) is 5.02 Å². The van der Waals surface area contributed by atoms with Crippen molar-refractivity contribution in [3.63, 3.8) is 0 Å². The average molecular weight is 312 g/mol. The summed E-state index contributed by atoms with van der Waals surface area (Å²) in [5.41, 5.74) is 0.0383. The summed E-state index contributed by atoms with van der Waals surface area (Å²) >= 11 is 5.67. The Morgan fingerprint density at radius 2 is 1.90 bits per heavy atom. The van der Waals surface area contributed by atoms with Gasteiger partial charge in [0.05, 0.1) is 17.5 Å². The highest BCUT2D eigenvalue weighted by Crippen LogP contribution is 2.52. The first-order chi connectivity index (χ1) is 9.97. The highest BCUT2D eigenvalue weighted by atomic mass is 35.5. The second-order valence-electron chi connectivity index (χ2n) is 5.84. The molecule has 2 aliphatic carbocycles. The molecule has 2 bridgehead atoms. The van der Waals surface area contributed by atoms with Gasteiger partial charge in [-0.2, -0.15) is 0 Å². The van der Waals surface area contributed by atoms with E-state index in [1.165, 1.54) is 12.1 Å². The third-order valence-electron chi connectivity index (χ3n) is 4.69. The van der Waals surface area contributed by atoms with Gasteiger partial charge in [-0.25, -0.2) is 4.39 Å². The highest BCUT2D eigenvalue weighted by Gasteiger charge is 2.54. The molecule has 0 heterocycles. The molecule has 2 fully saturated rings. The fraction of sp³-hybridized carbons (Fsp3) is 0.467. The van der Waals surface area contributed by atoms with Gasteiger partial charge in [-0.15, -0.1) is 0 Å². The van der Waals surface area contributed by atoms with Gasteiger partial charge in [0.25, 0.3) is 0 Å². The number of carbonyl (C=O) groups excluding carboxylic acids is 1. The Morgan fingerprint density at radius 3 is 2.52 bits per heavy atom. The Kier molecular flexibility index (Phi) is 3.61. The number of carboxylic acid groups (broad SMARTS) is 1. The summed E-state index contributed by atoms with van der Waals surface area (Å²) in [6.07, 6.45) is 2.51. The van der Waals surface area contributed by atoms with Crippen LogP contribution in [-0.4, -0.2) is 17.0 Å². The van der Waals surface area contributed by atoms with Crippen LogP contribution in [0.1, 0.15) is 19.3 Å². The van der Waals surface area contributed by atoms with E-state index in [1.807, 2.05) is 0 Å². The van der Waals surface area contributed by atoms with E-state index in [1.54, 1.807) is 0 Å². The first-order valence-electron chi connectivity index (χ1n) is 6.96. The van der Waals surface area contributed by atoms with Gasteiger partial charge in [0.2, 0.25) is 5.91 Å². The van der Waals surface area contributed by atoms with E-state index < -0.39 is 29.5 Å². The van der Waals surface area contributed by atoms with E-state index >= 15 is 0 Å². The third-order valence-corrected chi connectivity index (χ3v) is 4.93. The van der Waals surface area contributed by atoms with Crippen LogP contribution in [0.5, 0.6) is 0 Å². The van der Waals surface area contributed by atoms with Gasteiger partial charge < -0.3 is 10.4 Å². The lowest BCUT2D eigenvalue weighted by Crippen LogP contribution is -2.38. The Balaban J connectivity index is 1.80. The number of amides is 1. The summed E-state index contributed by atoms with van der Waals surface area (Å²) in [4.78, 5) is 23.8. The molecule has 2 aliphatic rings. The molecule has 21 heavy (non-hydrogen) atoms. The number of aliphatic carboxylic acids is 1. The van der Waals surface area contributed by atoms with Crippen LogP contribution in [0.3, 0.4) is 0 Å². The lowest BCUT2D eigenvalue weighted by Gasteiger charge is -2.27.